The fourth-order valence-corrected chi connectivity index (χ4v) is 2.33. The zero-order valence-corrected chi connectivity index (χ0v) is 11.6. The summed E-state index contributed by atoms with van der Waals surface area (Å²) in [6, 6.07) is 5.45. The Balaban J connectivity index is 2.28. The van der Waals surface area contributed by atoms with Crippen molar-refractivity contribution in [2.24, 2.45) is 0 Å². The van der Waals surface area contributed by atoms with Crippen LogP contribution in [0.15, 0.2) is 18.2 Å². The van der Waals surface area contributed by atoms with Gasteiger partial charge in [0.05, 0.1) is 10.2 Å². The van der Waals surface area contributed by atoms with Crippen molar-refractivity contribution >= 4 is 32.6 Å². The van der Waals surface area contributed by atoms with E-state index in [4.69, 9.17) is 5.73 Å². The van der Waals surface area contributed by atoms with E-state index in [9.17, 15) is 4.79 Å². The lowest BCUT2D eigenvalue weighted by atomic mass is 10.0. The summed E-state index contributed by atoms with van der Waals surface area (Å²) < 4.78 is 0.939. The number of hydrogen-bond acceptors (Lipinski definition) is 4. The summed E-state index contributed by atoms with van der Waals surface area (Å²) in [5.74, 6) is -0.0595. The van der Waals surface area contributed by atoms with Gasteiger partial charge in [0.2, 0.25) is 0 Å². The highest BCUT2D eigenvalue weighted by molar-refractivity contribution is 7.22. The molecule has 0 aliphatic rings. The van der Waals surface area contributed by atoms with E-state index in [1.54, 1.807) is 6.07 Å². The van der Waals surface area contributed by atoms with Crippen molar-refractivity contribution in [3.05, 3.63) is 23.8 Å². The molecule has 3 N–H and O–H groups in total. The van der Waals surface area contributed by atoms with E-state index in [-0.39, 0.29) is 11.4 Å². The maximum atomic E-state index is 12.1. The molecule has 0 bridgehead atoms. The average molecular weight is 263 g/mol. The van der Waals surface area contributed by atoms with Crippen molar-refractivity contribution in [3.63, 3.8) is 0 Å². The van der Waals surface area contributed by atoms with E-state index in [2.05, 4.69) is 10.3 Å². The highest BCUT2D eigenvalue weighted by atomic mass is 32.1. The Morgan fingerprint density at radius 2 is 2.22 bits per heavy atom. The third kappa shape index (κ3) is 2.61. The molecule has 4 nitrogen and oxygen atoms in total. The van der Waals surface area contributed by atoms with Crippen molar-refractivity contribution in [2.75, 3.05) is 5.73 Å². The summed E-state index contributed by atoms with van der Waals surface area (Å²) in [5, 5.41) is 3.53. The fraction of sp³-hybridized carbons (Fsp3) is 0.385. The number of rotatable bonds is 3. The van der Waals surface area contributed by atoms with Crippen LogP contribution in [0.2, 0.25) is 0 Å². The maximum absolute atomic E-state index is 12.1. The molecule has 0 saturated heterocycles. The Morgan fingerprint density at radius 3 is 2.89 bits per heavy atom. The van der Waals surface area contributed by atoms with E-state index in [0.29, 0.717) is 10.7 Å². The zero-order valence-electron chi connectivity index (χ0n) is 10.8. The Hall–Kier alpha value is -1.62. The molecule has 2 rings (SSSR count). The number of nitrogens with two attached hydrogens (primary N) is 1. The number of thiazole rings is 1. The fourth-order valence-electron chi connectivity index (χ4n) is 1.55. The van der Waals surface area contributed by atoms with Gasteiger partial charge in [0.15, 0.2) is 5.13 Å². The molecular weight excluding hydrogens is 246 g/mol. The third-order valence-corrected chi connectivity index (χ3v) is 3.85. The normalized spacial score (nSPS) is 11.7. The Kier molecular flexibility index (Phi) is 3.26. The molecule has 0 aliphatic carbocycles. The van der Waals surface area contributed by atoms with Crippen LogP contribution in [-0.2, 0) is 0 Å². The summed E-state index contributed by atoms with van der Waals surface area (Å²) >= 11 is 1.39. The smallest absolute Gasteiger partial charge is 0.251 e. The standard InChI is InChI=1S/C13H17N3OS/c1-4-13(2,3)16-11(17)8-5-6-9-10(7-8)18-12(14)15-9/h5-7H,4H2,1-3H3,(H2,14,15)(H,16,17). The van der Waals surface area contributed by atoms with E-state index in [1.165, 1.54) is 11.3 Å². The van der Waals surface area contributed by atoms with Crippen LogP contribution in [-0.4, -0.2) is 16.4 Å². The highest BCUT2D eigenvalue weighted by Gasteiger charge is 2.19. The lowest BCUT2D eigenvalue weighted by Crippen LogP contribution is -2.42. The van der Waals surface area contributed by atoms with Gasteiger partial charge < -0.3 is 11.1 Å². The lowest BCUT2D eigenvalue weighted by Gasteiger charge is -2.24. The third-order valence-electron chi connectivity index (χ3n) is 3.00. The molecular formula is C13H17N3OS. The molecule has 18 heavy (non-hydrogen) atoms. The molecule has 0 saturated carbocycles. The van der Waals surface area contributed by atoms with Gasteiger partial charge in [-0.2, -0.15) is 0 Å². The lowest BCUT2D eigenvalue weighted by molar-refractivity contribution is 0.0911. The Morgan fingerprint density at radius 1 is 1.50 bits per heavy atom. The summed E-state index contributed by atoms with van der Waals surface area (Å²) in [4.78, 5) is 16.3. The van der Waals surface area contributed by atoms with Gasteiger partial charge >= 0.3 is 0 Å². The predicted octanol–water partition coefficient (Wildman–Crippen LogP) is 2.80. The Bertz CT molecular complexity index is 589. The molecule has 0 atom stereocenters. The summed E-state index contributed by atoms with van der Waals surface area (Å²) in [6.07, 6.45) is 0.883. The molecule has 1 aromatic heterocycles. The molecule has 2 aromatic rings. The van der Waals surface area contributed by atoms with Crippen LogP contribution in [0.1, 0.15) is 37.6 Å². The monoisotopic (exact) mass is 263 g/mol. The second-order valence-corrected chi connectivity index (χ2v) is 5.99. The van der Waals surface area contributed by atoms with Gasteiger partial charge in [-0.15, -0.1) is 0 Å². The number of hydrogen-bond donors (Lipinski definition) is 2. The largest absolute Gasteiger partial charge is 0.375 e. The minimum Gasteiger partial charge on any atom is -0.375 e. The average Bonchev–Trinajstić information content (AvgIpc) is 2.67. The number of nitrogens with zero attached hydrogens (tertiary/aromatic N) is 1. The van der Waals surface area contributed by atoms with Crippen molar-refractivity contribution in [2.45, 2.75) is 32.7 Å². The summed E-state index contributed by atoms with van der Waals surface area (Å²) in [7, 11) is 0. The van der Waals surface area contributed by atoms with Crippen molar-refractivity contribution in [1.29, 1.82) is 0 Å². The number of anilines is 1. The van der Waals surface area contributed by atoms with Crippen LogP contribution in [0.3, 0.4) is 0 Å². The van der Waals surface area contributed by atoms with Crippen LogP contribution >= 0.6 is 11.3 Å². The van der Waals surface area contributed by atoms with Gasteiger partial charge in [-0.3, -0.25) is 4.79 Å². The zero-order chi connectivity index (χ0) is 13.3. The number of aromatic nitrogens is 1. The van der Waals surface area contributed by atoms with Crippen molar-refractivity contribution < 1.29 is 4.79 Å². The molecule has 1 amide bonds. The maximum Gasteiger partial charge on any atom is 0.251 e. The first kappa shape index (κ1) is 12.8. The number of amides is 1. The molecule has 96 valence electrons. The first-order chi connectivity index (χ1) is 8.41. The number of nitrogen functional groups attached to an aromatic ring is 1. The predicted molar refractivity (Wildman–Crippen MR) is 75.9 cm³/mol. The van der Waals surface area contributed by atoms with Gasteiger partial charge in [0, 0.05) is 11.1 Å². The number of carbonyl (C=O) groups excluding carboxylic acids is 1. The topological polar surface area (TPSA) is 68.0 Å². The van der Waals surface area contributed by atoms with Crippen LogP contribution < -0.4 is 11.1 Å². The van der Waals surface area contributed by atoms with Crippen LogP contribution in [0.4, 0.5) is 5.13 Å². The minimum atomic E-state index is -0.196. The van der Waals surface area contributed by atoms with Crippen LogP contribution in [0.25, 0.3) is 10.2 Å². The molecule has 0 fully saturated rings. The van der Waals surface area contributed by atoms with E-state index >= 15 is 0 Å². The van der Waals surface area contributed by atoms with Crippen molar-refractivity contribution in [1.82, 2.24) is 10.3 Å². The van der Waals surface area contributed by atoms with Gasteiger partial charge in [0.25, 0.3) is 5.91 Å². The number of fused-ring (bicyclic) bond motifs is 1. The quantitative estimate of drug-likeness (QED) is 0.894. The van der Waals surface area contributed by atoms with E-state index in [1.807, 2.05) is 32.9 Å². The first-order valence-electron chi connectivity index (χ1n) is 5.90. The number of benzene rings is 1. The second kappa shape index (κ2) is 4.57. The van der Waals surface area contributed by atoms with Crippen LogP contribution in [0.5, 0.6) is 0 Å². The number of carbonyl (C=O) groups is 1. The highest BCUT2D eigenvalue weighted by Crippen LogP contribution is 2.24. The molecule has 1 aromatic carbocycles. The number of nitrogens with one attached hydrogen (secondary N) is 1. The van der Waals surface area contributed by atoms with Gasteiger partial charge in [-0.25, -0.2) is 4.98 Å². The summed E-state index contributed by atoms with van der Waals surface area (Å²) in [5.41, 5.74) is 6.93. The molecule has 0 aliphatic heterocycles. The molecule has 0 radical (unpaired) electrons. The summed E-state index contributed by atoms with van der Waals surface area (Å²) in [6.45, 7) is 6.07. The van der Waals surface area contributed by atoms with E-state index in [0.717, 1.165) is 16.6 Å². The van der Waals surface area contributed by atoms with Gasteiger partial charge in [0.1, 0.15) is 0 Å². The van der Waals surface area contributed by atoms with Crippen LogP contribution in [0, 0.1) is 0 Å². The molecule has 5 heteroatoms. The first-order valence-corrected chi connectivity index (χ1v) is 6.71. The second-order valence-electron chi connectivity index (χ2n) is 4.93. The van der Waals surface area contributed by atoms with E-state index < -0.39 is 0 Å². The van der Waals surface area contributed by atoms with Gasteiger partial charge in [-0.05, 0) is 38.5 Å². The molecule has 1 heterocycles. The molecule has 0 spiro atoms. The van der Waals surface area contributed by atoms with Crippen molar-refractivity contribution in [3.8, 4) is 0 Å². The SMILES string of the molecule is CCC(C)(C)NC(=O)c1ccc2nc(N)sc2c1. The van der Waals surface area contributed by atoms with Gasteiger partial charge in [-0.1, -0.05) is 18.3 Å². The molecule has 0 unspecified atom stereocenters. The minimum absolute atomic E-state index is 0.0595. The Labute approximate surface area is 110 Å².